The van der Waals surface area contributed by atoms with E-state index in [1.807, 2.05) is 6.92 Å². The van der Waals surface area contributed by atoms with Gasteiger partial charge in [0.05, 0.1) is 17.7 Å². The molecule has 0 bridgehead atoms. The Hall–Kier alpha value is -2.13. The summed E-state index contributed by atoms with van der Waals surface area (Å²) in [6.07, 6.45) is 0.411. The molecule has 2 rings (SSSR count). The lowest BCUT2D eigenvalue weighted by Gasteiger charge is -2.13. The Bertz CT molecular complexity index is 524. The third kappa shape index (κ3) is 3.42. The molecule has 0 amide bonds. The standard InChI is InChI=1S/C13H15N3O3/c1-8-4-9(6-14)5-12(16-8)15-7-10-2-3-11(19-10)13(17)18/h4-5,10-11H,2-3,7H2,1H3,(H,15,16)(H,17,18). The number of ether oxygens (including phenoxy) is 1. The van der Waals surface area contributed by atoms with E-state index in [4.69, 9.17) is 15.1 Å². The van der Waals surface area contributed by atoms with Crippen LogP contribution in [0.15, 0.2) is 12.1 Å². The predicted octanol–water partition coefficient (Wildman–Crippen LogP) is 1.31. The average molecular weight is 261 g/mol. The summed E-state index contributed by atoms with van der Waals surface area (Å²) in [5, 5.41) is 20.8. The minimum Gasteiger partial charge on any atom is -0.479 e. The van der Waals surface area contributed by atoms with Crippen LogP contribution in [-0.4, -0.2) is 34.8 Å². The first kappa shape index (κ1) is 13.3. The Kier molecular flexibility index (Phi) is 3.97. The summed E-state index contributed by atoms with van der Waals surface area (Å²) in [6, 6.07) is 5.44. The molecule has 19 heavy (non-hydrogen) atoms. The SMILES string of the molecule is Cc1cc(C#N)cc(NCC2CCC(C(=O)O)O2)n1. The van der Waals surface area contributed by atoms with Crippen molar-refractivity contribution in [2.45, 2.75) is 32.0 Å². The van der Waals surface area contributed by atoms with Crippen LogP contribution in [0.25, 0.3) is 0 Å². The van der Waals surface area contributed by atoms with Crippen LogP contribution < -0.4 is 5.32 Å². The lowest BCUT2D eigenvalue weighted by atomic mass is 10.2. The van der Waals surface area contributed by atoms with Crippen LogP contribution in [0.1, 0.15) is 24.1 Å². The van der Waals surface area contributed by atoms with Crippen LogP contribution in [0.4, 0.5) is 5.82 Å². The zero-order valence-electron chi connectivity index (χ0n) is 10.6. The van der Waals surface area contributed by atoms with Gasteiger partial charge in [-0.2, -0.15) is 5.26 Å². The van der Waals surface area contributed by atoms with E-state index in [2.05, 4.69) is 16.4 Å². The lowest BCUT2D eigenvalue weighted by Crippen LogP contribution is -2.24. The van der Waals surface area contributed by atoms with E-state index in [0.717, 1.165) is 5.69 Å². The molecule has 1 saturated heterocycles. The van der Waals surface area contributed by atoms with Crippen molar-refractivity contribution in [3.05, 3.63) is 23.4 Å². The molecule has 1 aromatic heterocycles. The fourth-order valence-electron chi connectivity index (χ4n) is 2.08. The summed E-state index contributed by atoms with van der Waals surface area (Å²) in [7, 11) is 0. The molecule has 2 unspecified atom stereocenters. The van der Waals surface area contributed by atoms with Gasteiger partial charge in [0.25, 0.3) is 0 Å². The van der Waals surface area contributed by atoms with E-state index < -0.39 is 12.1 Å². The number of hydrogen-bond acceptors (Lipinski definition) is 5. The Morgan fingerprint density at radius 3 is 3.05 bits per heavy atom. The number of carboxylic acid groups (broad SMARTS) is 1. The molecule has 2 atom stereocenters. The zero-order valence-corrected chi connectivity index (χ0v) is 10.6. The van der Waals surface area contributed by atoms with Gasteiger partial charge < -0.3 is 15.2 Å². The molecule has 6 nitrogen and oxygen atoms in total. The van der Waals surface area contributed by atoms with E-state index in [1.165, 1.54) is 0 Å². The van der Waals surface area contributed by atoms with Gasteiger partial charge in [-0.25, -0.2) is 9.78 Å². The number of carboxylic acids is 1. The Morgan fingerprint density at radius 1 is 1.63 bits per heavy atom. The fourth-order valence-corrected chi connectivity index (χ4v) is 2.08. The summed E-state index contributed by atoms with van der Waals surface area (Å²) in [6.45, 7) is 2.31. The number of nitrogens with one attached hydrogen (secondary N) is 1. The van der Waals surface area contributed by atoms with Crippen molar-refractivity contribution in [1.82, 2.24) is 4.98 Å². The van der Waals surface area contributed by atoms with E-state index >= 15 is 0 Å². The number of nitriles is 1. The highest BCUT2D eigenvalue weighted by molar-refractivity contribution is 5.72. The fraction of sp³-hybridized carbons (Fsp3) is 0.462. The van der Waals surface area contributed by atoms with Crippen LogP contribution in [0, 0.1) is 18.3 Å². The van der Waals surface area contributed by atoms with E-state index in [9.17, 15) is 4.79 Å². The first-order chi connectivity index (χ1) is 9.08. The molecule has 0 aromatic carbocycles. The second-order valence-electron chi connectivity index (χ2n) is 4.54. The maximum atomic E-state index is 10.8. The van der Waals surface area contributed by atoms with E-state index in [1.54, 1.807) is 12.1 Å². The van der Waals surface area contributed by atoms with Gasteiger partial charge in [-0.3, -0.25) is 0 Å². The topological polar surface area (TPSA) is 95.2 Å². The maximum Gasteiger partial charge on any atom is 0.332 e. The molecule has 0 radical (unpaired) electrons. The first-order valence-electron chi connectivity index (χ1n) is 6.09. The molecule has 1 fully saturated rings. The van der Waals surface area contributed by atoms with Crippen molar-refractivity contribution >= 4 is 11.8 Å². The van der Waals surface area contributed by atoms with Crippen molar-refractivity contribution in [2.24, 2.45) is 0 Å². The summed E-state index contributed by atoms with van der Waals surface area (Å²) < 4.78 is 5.38. The number of anilines is 1. The van der Waals surface area contributed by atoms with Gasteiger partial charge >= 0.3 is 5.97 Å². The quantitative estimate of drug-likeness (QED) is 0.848. The molecule has 1 aliphatic rings. The third-order valence-electron chi connectivity index (χ3n) is 2.98. The van der Waals surface area contributed by atoms with Gasteiger partial charge in [0.15, 0.2) is 6.10 Å². The molecular formula is C13H15N3O3. The highest BCUT2D eigenvalue weighted by Gasteiger charge is 2.30. The second kappa shape index (κ2) is 5.67. The molecule has 0 aliphatic carbocycles. The number of nitrogens with zero attached hydrogens (tertiary/aromatic N) is 2. The van der Waals surface area contributed by atoms with Gasteiger partial charge in [-0.15, -0.1) is 0 Å². The van der Waals surface area contributed by atoms with Crippen LogP contribution in [0.5, 0.6) is 0 Å². The van der Waals surface area contributed by atoms with Crippen molar-refractivity contribution < 1.29 is 14.6 Å². The van der Waals surface area contributed by atoms with Crippen molar-refractivity contribution in [3.8, 4) is 6.07 Å². The minimum atomic E-state index is -0.914. The van der Waals surface area contributed by atoms with Crippen molar-refractivity contribution in [3.63, 3.8) is 0 Å². The largest absolute Gasteiger partial charge is 0.479 e. The second-order valence-corrected chi connectivity index (χ2v) is 4.54. The number of pyridine rings is 1. The molecule has 2 heterocycles. The van der Waals surface area contributed by atoms with Crippen LogP contribution in [-0.2, 0) is 9.53 Å². The Labute approximate surface area is 111 Å². The highest BCUT2D eigenvalue weighted by atomic mass is 16.5. The van der Waals surface area contributed by atoms with E-state index in [0.29, 0.717) is 30.8 Å². The van der Waals surface area contributed by atoms with Crippen molar-refractivity contribution in [1.29, 1.82) is 5.26 Å². The zero-order chi connectivity index (χ0) is 13.8. The maximum absolute atomic E-state index is 10.8. The summed E-state index contributed by atoms with van der Waals surface area (Å²) in [5.74, 6) is -0.304. The summed E-state index contributed by atoms with van der Waals surface area (Å²) in [5.41, 5.74) is 1.31. The van der Waals surface area contributed by atoms with Crippen LogP contribution >= 0.6 is 0 Å². The third-order valence-corrected chi connectivity index (χ3v) is 2.98. The number of aliphatic carboxylic acids is 1. The highest BCUT2D eigenvalue weighted by Crippen LogP contribution is 2.20. The molecular weight excluding hydrogens is 246 g/mol. The summed E-state index contributed by atoms with van der Waals surface area (Å²) >= 11 is 0. The van der Waals surface area contributed by atoms with Gasteiger partial charge in [0, 0.05) is 12.2 Å². The normalized spacial score (nSPS) is 21.9. The van der Waals surface area contributed by atoms with Crippen molar-refractivity contribution in [2.75, 3.05) is 11.9 Å². The molecule has 0 spiro atoms. The van der Waals surface area contributed by atoms with Gasteiger partial charge in [0.2, 0.25) is 0 Å². The number of rotatable bonds is 4. The van der Waals surface area contributed by atoms with Crippen LogP contribution in [0.2, 0.25) is 0 Å². The average Bonchev–Trinajstić information content (AvgIpc) is 2.84. The molecule has 0 saturated carbocycles. The number of hydrogen-bond donors (Lipinski definition) is 2. The Balaban J connectivity index is 1.91. The van der Waals surface area contributed by atoms with Gasteiger partial charge in [0.1, 0.15) is 5.82 Å². The first-order valence-corrected chi connectivity index (χ1v) is 6.09. The summed E-state index contributed by atoms with van der Waals surface area (Å²) in [4.78, 5) is 15.0. The van der Waals surface area contributed by atoms with E-state index in [-0.39, 0.29) is 6.10 Å². The molecule has 6 heteroatoms. The Morgan fingerprint density at radius 2 is 2.42 bits per heavy atom. The monoisotopic (exact) mass is 261 g/mol. The van der Waals surface area contributed by atoms with Gasteiger partial charge in [-0.05, 0) is 31.9 Å². The number of carbonyl (C=O) groups is 1. The van der Waals surface area contributed by atoms with Gasteiger partial charge in [-0.1, -0.05) is 0 Å². The lowest BCUT2D eigenvalue weighted by molar-refractivity contribution is -0.149. The smallest absolute Gasteiger partial charge is 0.332 e. The number of aryl methyl sites for hydroxylation is 1. The van der Waals surface area contributed by atoms with Crippen LogP contribution in [0.3, 0.4) is 0 Å². The minimum absolute atomic E-state index is 0.131. The molecule has 1 aromatic rings. The number of aromatic nitrogens is 1. The molecule has 2 N–H and O–H groups in total. The predicted molar refractivity (Wildman–Crippen MR) is 67.7 cm³/mol. The molecule has 1 aliphatic heterocycles. The molecule has 100 valence electrons.